The zero-order valence-electron chi connectivity index (χ0n) is 8.36. The van der Waals surface area contributed by atoms with E-state index in [0.29, 0.717) is 0 Å². The van der Waals surface area contributed by atoms with E-state index in [1.807, 2.05) is 0 Å². The molecule has 0 spiro atoms. The molecule has 0 saturated carbocycles. The predicted octanol–water partition coefficient (Wildman–Crippen LogP) is 1.76. The van der Waals surface area contributed by atoms with Gasteiger partial charge in [0.25, 0.3) is 5.69 Å². The van der Waals surface area contributed by atoms with Gasteiger partial charge in [-0.1, -0.05) is 0 Å². The Balaban J connectivity index is 3.38. The fraction of sp³-hybridized carbons (Fsp3) is 0.333. The van der Waals surface area contributed by atoms with Crippen molar-refractivity contribution in [2.45, 2.75) is 13.0 Å². The molecule has 5 nitrogen and oxygen atoms in total. The van der Waals surface area contributed by atoms with Gasteiger partial charge in [0.2, 0.25) is 0 Å². The molecular weight excluding hydrogens is 203 g/mol. The molecule has 1 rings (SSSR count). The van der Waals surface area contributed by atoms with Crippen LogP contribution in [0.2, 0.25) is 0 Å². The van der Waals surface area contributed by atoms with Crippen molar-refractivity contribution in [1.82, 2.24) is 0 Å². The lowest BCUT2D eigenvalue weighted by Crippen LogP contribution is -2.09. The Bertz CT molecular complexity index is 393. The Morgan fingerprint density at radius 3 is 2.60 bits per heavy atom. The molecule has 0 heterocycles. The maximum atomic E-state index is 13.3. The molecule has 0 fully saturated rings. The van der Waals surface area contributed by atoms with Gasteiger partial charge >= 0.3 is 0 Å². The van der Waals surface area contributed by atoms with Crippen molar-refractivity contribution in [2.24, 2.45) is 5.73 Å². The lowest BCUT2D eigenvalue weighted by atomic mass is 10.1. The molecule has 0 aliphatic rings. The molecule has 1 atom stereocenters. The van der Waals surface area contributed by atoms with Crippen LogP contribution in [0, 0.1) is 15.9 Å². The van der Waals surface area contributed by atoms with E-state index in [-0.39, 0.29) is 17.0 Å². The minimum atomic E-state index is -0.779. The Kier molecular flexibility index (Phi) is 3.21. The molecule has 2 N–H and O–H groups in total. The summed E-state index contributed by atoms with van der Waals surface area (Å²) in [7, 11) is 1.29. The zero-order chi connectivity index (χ0) is 11.6. The average Bonchev–Trinajstić information content (AvgIpc) is 2.16. The number of rotatable bonds is 3. The van der Waals surface area contributed by atoms with Crippen LogP contribution in [0.25, 0.3) is 0 Å². The minimum Gasteiger partial charge on any atom is -0.493 e. The smallest absolute Gasteiger partial charge is 0.272 e. The molecule has 82 valence electrons. The number of non-ortho nitro benzene ring substituents is 1. The number of nitro groups is 1. The van der Waals surface area contributed by atoms with Crippen LogP contribution in [0.15, 0.2) is 12.1 Å². The van der Waals surface area contributed by atoms with Crippen LogP contribution in [-0.2, 0) is 0 Å². The first-order valence-corrected chi connectivity index (χ1v) is 4.24. The van der Waals surface area contributed by atoms with Gasteiger partial charge in [-0.3, -0.25) is 10.1 Å². The molecule has 1 aromatic rings. The van der Waals surface area contributed by atoms with E-state index < -0.39 is 16.8 Å². The molecule has 0 amide bonds. The summed E-state index contributed by atoms with van der Waals surface area (Å²) >= 11 is 0. The molecule has 1 aromatic carbocycles. The van der Waals surface area contributed by atoms with Gasteiger partial charge in [-0.15, -0.1) is 0 Å². The largest absolute Gasteiger partial charge is 0.493 e. The summed E-state index contributed by atoms with van der Waals surface area (Å²) in [5.74, 6) is -0.824. The van der Waals surface area contributed by atoms with E-state index in [0.717, 1.165) is 6.07 Å². The van der Waals surface area contributed by atoms with Crippen molar-refractivity contribution in [3.05, 3.63) is 33.6 Å². The van der Waals surface area contributed by atoms with Gasteiger partial charge in [0.1, 0.15) is 0 Å². The lowest BCUT2D eigenvalue weighted by molar-refractivity contribution is -0.385. The minimum absolute atomic E-state index is 0.0457. The first kappa shape index (κ1) is 11.4. The van der Waals surface area contributed by atoms with Crippen molar-refractivity contribution >= 4 is 5.69 Å². The highest BCUT2D eigenvalue weighted by Crippen LogP contribution is 2.31. The van der Waals surface area contributed by atoms with Crippen LogP contribution < -0.4 is 10.5 Å². The summed E-state index contributed by atoms with van der Waals surface area (Å²) in [6.45, 7) is 1.60. The second-order valence-corrected chi connectivity index (χ2v) is 3.10. The van der Waals surface area contributed by atoms with Crippen LogP contribution in [0.4, 0.5) is 10.1 Å². The maximum Gasteiger partial charge on any atom is 0.272 e. The Labute approximate surface area is 85.8 Å². The van der Waals surface area contributed by atoms with Crippen LogP contribution in [-0.4, -0.2) is 12.0 Å². The molecular formula is C9H11FN2O3. The van der Waals surface area contributed by atoms with Crippen LogP contribution in [0.5, 0.6) is 5.75 Å². The second kappa shape index (κ2) is 4.22. The number of hydrogen-bond acceptors (Lipinski definition) is 4. The van der Waals surface area contributed by atoms with Gasteiger partial charge in [0.15, 0.2) is 11.6 Å². The number of nitrogens with zero attached hydrogens (tertiary/aromatic N) is 1. The van der Waals surface area contributed by atoms with Crippen LogP contribution in [0.3, 0.4) is 0 Å². The van der Waals surface area contributed by atoms with Gasteiger partial charge < -0.3 is 10.5 Å². The van der Waals surface area contributed by atoms with E-state index in [1.54, 1.807) is 6.92 Å². The van der Waals surface area contributed by atoms with Gasteiger partial charge in [-0.25, -0.2) is 4.39 Å². The third-order valence-corrected chi connectivity index (χ3v) is 1.96. The third-order valence-electron chi connectivity index (χ3n) is 1.96. The quantitative estimate of drug-likeness (QED) is 0.614. The molecule has 0 aromatic heterocycles. The highest BCUT2D eigenvalue weighted by Gasteiger charge is 2.19. The summed E-state index contributed by atoms with van der Waals surface area (Å²) in [5, 5.41) is 10.5. The number of halogens is 1. The lowest BCUT2D eigenvalue weighted by Gasteiger charge is -2.11. The topological polar surface area (TPSA) is 78.4 Å². The van der Waals surface area contributed by atoms with Crippen molar-refractivity contribution in [3.63, 3.8) is 0 Å². The summed E-state index contributed by atoms with van der Waals surface area (Å²) < 4.78 is 18.1. The van der Waals surface area contributed by atoms with E-state index in [9.17, 15) is 14.5 Å². The maximum absolute atomic E-state index is 13.3. The second-order valence-electron chi connectivity index (χ2n) is 3.10. The highest BCUT2D eigenvalue weighted by atomic mass is 19.1. The van der Waals surface area contributed by atoms with E-state index in [4.69, 9.17) is 10.5 Å². The van der Waals surface area contributed by atoms with E-state index >= 15 is 0 Å². The third kappa shape index (κ3) is 2.21. The van der Waals surface area contributed by atoms with Gasteiger partial charge in [0, 0.05) is 17.7 Å². The Hall–Kier alpha value is -1.69. The van der Waals surface area contributed by atoms with E-state index in [1.165, 1.54) is 13.2 Å². The van der Waals surface area contributed by atoms with Gasteiger partial charge in [-0.05, 0) is 6.92 Å². The van der Waals surface area contributed by atoms with E-state index in [2.05, 4.69) is 0 Å². The van der Waals surface area contributed by atoms with Crippen LogP contribution >= 0.6 is 0 Å². The average molecular weight is 214 g/mol. The van der Waals surface area contributed by atoms with Gasteiger partial charge in [0.05, 0.1) is 18.1 Å². The number of hydrogen-bond donors (Lipinski definition) is 1. The first-order chi connectivity index (χ1) is 6.97. The predicted molar refractivity (Wildman–Crippen MR) is 52.2 cm³/mol. The molecule has 0 aliphatic carbocycles. The fourth-order valence-electron chi connectivity index (χ4n) is 1.26. The summed E-state index contributed by atoms with van der Waals surface area (Å²) in [4.78, 5) is 9.81. The van der Waals surface area contributed by atoms with Crippen molar-refractivity contribution in [2.75, 3.05) is 7.11 Å². The Morgan fingerprint density at radius 1 is 1.60 bits per heavy atom. The number of ether oxygens (including phenoxy) is 1. The normalized spacial score (nSPS) is 12.3. The van der Waals surface area contributed by atoms with Crippen molar-refractivity contribution in [1.29, 1.82) is 0 Å². The van der Waals surface area contributed by atoms with Crippen molar-refractivity contribution in [3.8, 4) is 5.75 Å². The summed E-state index contributed by atoms with van der Waals surface area (Å²) in [6, 6.07) is 1.49. The molecule has 0 aliphatic heterocycles. The standard InChI is InChI=1S/C9H11FN2O3/c1-5(11)7-3-6(12(13)14)4-8(10)9(7)15-2/h3-5H,11H2,1-2H3. The highest BCUT2D eigenvalue weighted by molar-refractivity contribution is 5.46. The monoisotopic (exact) mass is 214 g/mol. The molecule has 0 radical (unpaired) electrons. The van der Waals surface area contributed by atoms with Crippen LogP contribution in [0.1, 0.15) is 18.5 Å². The molecule has 15 heavy (non-hydrogen) atoms. The summed E-state index contributed by atoms with van der Waals surface area (Å²) in [6.07, 6.45) is 0. The molecule has 0 saturated heterocycles. The zero-order valence-corrected chi connectivity index (χ0v) is 8.36. The first-order valence-electron chi connectivity index (χ1n) is 4.24. The SMILES string of the molecule is COc1c(F)cc([N+](=O)[O-])cc1C(C)N. The Morgan fingerprint density at radius 2 is 2.20 bits per heavy atom. The number of methoxy groups -OCH3 is 1. The number of nitro benzene ring substituents is 1. The molecule has 6 heteroatoms. The molecule has 0 bridgehead atoms. The van der Waals surface area contributed by atoms with Crippen molar-refractivity contribution < 1.29 is 14.1 Å². The molecule has 1 unspecified atom stereocenters. The summed E-state index contributed by atoms with van der Waals surface area (Å²) in [5.41, 5.74) is 5.51. The fourth-order valence-corrected chi connectivity index (χ4v) is 1.26. The van der Waals surface area contributed by atoms with Gasteiger partial charge in [-0.2, -0.15) is 0 Å². The number of benzene rings is 1. The number of nitrogens with two attached hydrogens (primary N) is 1.